The Labute approximate surface area is 172 Å². The van der Waals surface area contributed by atoms with Crippen molar-refractivity contribution in [2.24, 2.45) is 0 Å². The molecule has 1 amide bonds. The van der Waals surface area contributed by atoms with E-state index in [0.717, 1.165) is 36.4 Å². The lowest BCUT2D eigenvalue weighted by Crippen LogP contribution is -2.39. The largest absolute Gasteiger partial charge is 0.377 e. The van der Waals surface area contributed by atoms with Crippen molar-refractivity contribution in [1.29, 1.82) is 0 Å². The SMILES string of the molecule is CC(C)c1ccc(C(NC(=O)CNCC2CCCO2)c2cccs2)cc1.Cl. The summed E-state index contributed by atoms with van der Waals surface area (Å²) in [5, 5.41) is 8.45. The van der Waals surface area contributed by atoms with Gasteiger partial charge in [0, 0.05) is 18.0 Å². The fourth-order valence-electron chi connectivity index (χ4n) is 3.21. The molecular weight excluding hydrogens is 380 g/mol. The predicted octanol–water partition coefficient (Wildman–Crippen LogP) is 4.27. The Morgan fingerprint density at radius 2 is 1.96 bits per heavy atom. The molecule has 4 nitrogen and oxygen atoms in total. The van der Waals surface area contributed by atoms with Crippen LogP contribution >= 0.6 is 23.7 Å². The number of hydrogen-bond donors (Lipinski definition) is 2. The number of benzene rings is 1. The van der Waals surface area contributed by atoms with Crippen LogP contribution in [0.15, 0.2) is 41.8 Å². The smallest absolute Gasteiger partial charge is 0.234 e. The predicted molar refractivity (Wildman–Crippen MR) is 114 cm³/mol. The average molecular weight is 409 g/mol. The standard InChI is InChI=1S/C21H28N2O2S.ClH/c1-15(2)16-7-9-17(10-8-16)21(19-6-4-12-26-19)23-20(24)14-22-13-18-5-3-11-25-18;/h4,6-10,12,15,18,21-22H,3,5,11,13-14H2,1-2H3,(H,23,24);1H. The Hall–Kier alpha value is -1.40. The van der Waals surface area contributed by atoms with E-state index in [9.17, 15) is 4.79 Å². The summed E-state index contributed by atoms with van der Waals surface area (Å²) in [5.41, 5.74) is 2.42. The molecule has 27 heavy (non-hydrogen) atoms. The van der Waals surface area contributed by atoms with Crippen LogP contribution in [0.4, 0.5) is 0 Å². The molecule has 1 fully saturated rings. The van der Waals surface area contributed by atoms with Crippen molar-refractivity contribution in [2.45, 2.75) is 44.8 Å². The fourth-order valence-corrected chi connectivity index (χ4v) is 4.01. The number of carbonyl (C=O) groups is 1. The van der Waals surface area contributed by atoms with Gasteiger partial charge >= 0.3 is 0 Å². The Balaban J connectivity index is 0.00000261. The average Bonchev–Trinajstić information content (AvgIpc) is 3.34. The number of rotatable bonds is 8. The second kappa shape index (κ2) is 10.8. The second-order valence-electron chi connectivity index (χ2n) is 7.10. The first-order chi connectivity index (χ1) is 12.6. The minimum atomic E-state index is -0.103. The van der Waals surface area contributed by atoms with Crippen molar-refractivity contribution in [3.8, 4) is 0 Å². The maximum Gasteiger partial charge on any atom is 0.234 e. The first-order valence-electron chi connectivity index (χ1n) is 9.38. The number of nitrogens with one attached hydrogen (secondary N) is 2. The summed E-state index contributed by atoms with van der Waals surface area (Å²) in [4.78, 5) is 13.6. The van der Waals surface area contributed by atoms with Gasteiger partial charge in [0.05, 0.1) is 18.7 Å². The minimum absolute atomic E-state index is 0. The Morgan fingerprint density at radius 3 is 2.56 bits per heavy atom. The van der Waals surface area contributed by atoms with E-state index < -0.39 is 0 Å². The lowest BCUT2D eigenvalue weighted by Gasteiger charge is -2.19. The maximum atomic E-state index is 12.5. The first-order valence-corrected chi connectivity index (χ1v) is 10.3. The van der Waals surface area contributed by atoms with Crippen LogP contribution < -0.4 is 10.6 Å². The fraction of sp³-hybridized carbons (Fsp3) is 0.476. The highest BCUT2D eigenvalue weighted by molar-refractivity contribution is 7.10. The van der Waals surface area contributed by atoms with Crippen LogP contribution in [0.2, 0.25) is 0 Å². The highest BCUT2D eigenvalue weighted by atomic mass is 35.5. The van der Waals surface area contributed by atoms with Crippen LogP contribution in [0.1, 0.15) is 54.7 Å². The molecule has 1 aliphatic heterocycles. The van der Waals surface area contributed by atoms with Gasteiger partial charge in [-0.05, 0) is 41.3 Å². The molecule has 148 valence electrons. The number of ether oxygens (including phenoxy) is 1. The number of thiophene rings is 1. The summed E-state index contributed by atoms with van der Waals surface area (Å²) in [6.07, 6.45) is 2.44. The van der Waals surface area contributed by atoms with Gasteiger partial charge in [-0.15, -0.1) is 23.7 Å². The van der Waals surface area contributed by atoms with E-state index in [2.05, 4.69) is 54.8 Å². The first kappa shape index (κ1) is 21.9. The second-order valence-corrected chi connectivity index (χ2v) is 8.08. The summed E-state index contributed by atoms with van der Waals surface area (Å²) in [5.74, 6) is 0.509. The van der Waals surface area contributed by atoms with E-state index in [1.54, 1.807) is 11.3 Å². The lowest BCUT2D eigenvalue weighted by atomic mass is 9.98. The topological polar surface area (TPSA) is 50.4 Å². The van der Waals surface area contributed by atoms with E-state index >= 15 is 0 Å². The van der Waals surface area contributed by atoms with Crippen LogP contribution in [0.25, 0.3) is 0 Å². The van der Waals surface area contributed by atoms with Gasteiger partial charge in [-0.25, -0.2) is 0 Å². The number of halogens is 1. The third-order valence-corrected chi connectivity index (χ3v) is 5.69. The highest BCUT2D eigenvalue weighted by Crippen LogP contribution is 2.27. The van der Waals surface area contributed by atoms with Crippen LogP contribution in [-0.4, -0.2) is 31.7 Å². The van der Waals surface area contributed by atoms with Gasteiger partial charge in [0.15, 0.2) is 0 Å². The molecule has 1 aromatic carbocycles. The third-order valence-electron chi connectivity index (χ3n) is 4.75. The van der Waals surface area contributed by atoms with Gasteiger partial charge in [-0.1, -0.05) is 44.2 Å². The van der Waals surface area contributed by atoms with Crippen LogP contribution in [0.3, 0.4) is 0 Å². The van der Waals surface area contributed by atoms with Crippen LogP contribution in [0, 0.1) is 0 Å². The number of carbonyl (C=O) groups excluding carboxylic acids is 1. The van der Waals surface area contributed by atoms with Gasteiger partial charge in [0.25, 0.3) is 0 Å². The lowest BCUT2D eigenvalue weighted by molar-refractivity contribution is -0.120. The molecule has 6 heteroatoms. The van der Waals surface area contributed by atoms with E-state index in [1.165, 1.54) is 5.56 Å². The van der Waals surface area contributed by atoms with E-state index in [1.807, 2.05) is 11.4 Å². The van der Waals surface area contributed by atoms with Crippen molar-refractivity contribution in [3.63, 3.8) is 0 Å². The Morgan fingerprint density at radius 1 is 1.22 bits per heavy atom. The third kappa shape index (κ3) is 6.32. The summed E-state index contributed by atoms with van der Waals surface area (Å²) in [7, 11) is 0. The molecule has 0 aliphatic carbocycles. The van der Waals surface area contributed by atoms with Crippen molar-refractivity contribution in [3.05, 3.63) is 57.8 Å². The molecule has 3 rings (SSSR count). The maximum absolute atomic E-state index is 12.5. The monoisotopic (exact) mass is 408 g/mol. The zero-order chi connectivity index (χ0) is 18.4. The van der Waals surface area contributed by atoms with E-state index in [4.69, 9.17) is 4.74 Å². The van der Waals surface area contributed by atoms with Crippen LogP contribution in [0.5, 0.6) is 0 Å². The summed E-state index contributed by atoms with van der Waals surface area (Å²) >= 11 is 1.67. The molecule has 0 saturated carbocycles. The molecule has 2 heterocycles. The van der Waals surface area contributed by atoms with E-state index in [-0.39, 0.29) is 30.5 Å². The van der Waals surface area contributed by atoms with Crippen molar-refractivity contribution in [1.82, 2.24) is 10.6 Å². The molecule has 1 saturated heterocycles. The molecule has 2 N–H and O–H groups in total. The van der Waals surface area contributed by atoms with Gasteiger partial charge in [-0.3, -0.25) is 4.79 Å². The molecule has 0 radical (unpaired) electrons. The van der Waals surface area contributed by atoms with Gasteiger partial charge < -0.3 is 15.4 Å². The van der Waals surface area contributed by atoms with Crippen molar-refractivity contribution >= 4 is 29.7 Å². The Kier molecular flexibility index (Phi) is 8.77. The van der Waals surface area contributed by atoms with Crippen molar-refractivity contribution < 1.29 is 9.53 Å². The number of amides is 1. The molecule has 2 aromatic rings. The molecule has 2 atom stereocenters. The van der Waals surface area contributed by atoms with E-state index in [0.29, 0.717) is 12.5 Å². The molecule has 1 aromatic heterocycles. The summed E-state index contributed by atoms with van der Waals surface area (Å²) in [6.45, 7) is 6.26. The highest BCUT2D eigenvalue weighted by Gasteiger charge is 2.19. The summed E-state index contributed by atoms with van der Waals surface area (Å²) in [6, 6.07) is 12.6. The normalized spacial score (nSPS) is 17.5. The van der Waals surface area contributed by atoms with Crippen molar-refractivity contribution in [2.75, 3.05) is 19.7 Å². The Bertz CT molecular complexity index is 683. The minimum Gasteiger partial charge on any atom is -0.377 e. The number of hydrogen-bond acceptors (Lipinski definition) is 4. The summed E-state index contributed by atoms with van der Waals surface area (Å²) < 4.78 is 5.58. The zero-order valence-electron chi connectivity index (χ0n) is 15.9. The molecule has 0 spiro atoms. The molecular formula is C21H29ClN2O2S. The van der Waals surface area contributed by atoms with Crippen LogP contribution in [-0.2, 0) is 9.53 Å². The zero-order valence-corrected chi connectivity index (χ0v) is 17.6. The molecule has 0 bridgehead atoms. The van der Waals surface area contributed by atoms with Gasteiger partial charge in [0.1, 0.15) is 0 Å². The molecule has 2 unspecified atom stereocenters. The quantitative estimate of drug-likeness (QED) is 0.685. The van der Waals surface area contributed by atoms with Gasteiger partial charge in [-0.2, -0.15) is 0 Å². The molecule has 1 aliphatic rings. The van der Waals surface area contributed by atoms with Gasteiger partial charge in [0.2, 0.25) is 5.91 Å².